The van der Waals surface area contributed by atoms with Crippen LogP contribution in [0, 0.1) is 0 Å². The van der Waals surface area contributed by atoms with Crippen LogP contribution in [0.5, 0.6) is 0 Å². The first-order chi connectivity index (χ1) is 12.3. The van der Waals surface area contributed by atoms with Crippen LogP contribution in [0.15, 0.2) is 35.1 Å². The van der Waals surface area contributed by atoms with Gasteiger partial charge in [-0.25, -0.2) is 0 Å². The van der Waals surface area contributed by atoms with E-state index in [-0.39, 0.29) is 5.52 Å². The Morgan fingerprint density at radius 2 is 1.96 bits per heavy atom. The molecular weight excluding hydrogens is 431 g/mol. The molecule has 3 nitrogen and oxygen atoms in total. The Hall–Kier alpha value is -1.57. The van der Waals surface area contributed by atoms with Crippen LogP contribution in [0.1, 0.15) is 24.0 Å². The van der Waals surface area contributed by atoms with Gasteiger partial charge in [0.25, 0.3) is 0 Å². The van der Waals surface area contributed by atoms with Gasteiger partial charge in [0.15, 0.2) is 0 Å². The second-order valence-corrected chi connectivity index (χ2v) is 7.28. The molecule has 0 atom stereocenters. The van der Waals surface area contributed by atoms with E-state index in [9.17, 15) is 13.2 Å². The molecule has 0 fully saturated rings. The van der Waals surface area contributed by atoms with Crippen molar-refractivity contribution in [2.45, 2.75) is 25.4 Å². The lowest BCUT2D eigenvalue weighted by Crippen LogP contribution is -2.05. The summed E-state index contributed by atoms with van der Waals surface area (Å²) in [4.78, 5) is 7.07. The summed E-state index contributed by atoms with van der Waals surface area (Å²) in [5.41, 5.74) is 6.89. The second kappa shape index (κ2) is 7.58. The zero-order valence-corrected chi connectivity index (χ0v) is 16.0. The highest BCUT2D eigenvalue weighted by atomic mass is 79.9. The van der Waals surface area contributed by atoms with Crippen LogP contribution in [0.25, 0.3) is 22.2 Å². The van der Waals surface area contributed by atoms with Gasteiger partial charge in [0.05, 0.1) is 21.8 Å². The Morgan fingerprint density at radius 3 is 2.62 bits per heavy atom. The van der Waals surface area contributed by atoms with Crippen molar-refractivity contribution in [1.29, 1.82) is 0 Å². The first-order valence-electron chi connectivity index (χ1n) is 8.04. The summed E-state index contributed by atoms with van der Waals surface area (Å²) in [6, 6.07) is 4.12. The lowest BCUT2D eigenvalue weighted by atomic mass is 10.00. The van der Waals surface area contributed by atoms with Crippen LogP contribution < -0.4 is 5.73 Å². The predicted molar refractivity (Wildman–Crippen MR) is 101 cm³/mol. The Labute approximate surface area is 161 Å². The fourth-order valence-corrected chi connectivity index (χ4v) is 3.69. The average molecular weight is 447 g/mol. The smallest absolute Gasteiger partial charge is 0.354 e. The number of halogens is 5. The Kier molecular flexibility index (Phi) is 5.60. The number of aryl methyl sites for hydroxylation is 1. The van der Waals surface area contributed by atoms with Gasteiger partial charge in [0.2, 0.25) is 0 Å². The van der Waals surface area contributed by atoms with Crippen LogP contribution in [0.4, 0.5) is 13.2 Å². The molecule has 3 aromatic rings. The van der Waals surface area contributed by atoms with E-state index in [1.165, 1.54) is 6.07 Å². The van der Waals surface area contributed by atoms with Crippen molar-refractivity contribution in [1.82, 2.24) is 9.97 Å². The van der Waals surface area contributed by atoms with E-state index in [1.807, 2.05) is 6.07 Å². The number of alkyl halides is 3. The molecule has 8 heteroatoms. The first-order valence-corrected chi connectivity index (χ1v) is 9.21. The van der Waals surface area contributed by atoms with Gasteiger partial charge in [-0.1, -0.05) is 11.6 Å². The van der Waals surface area contributed by atoms with Crippen LogP contribution in [-0.2, 0) is 12.6 Å². The third kappa shape index (κ3) is 3.75. The van der Waals surface area contributed by atoms with Crippen molar-refractivity contribution >= 4 is 38.4 Å². The molecule has 26 heavy (non-hydrogen) atoms. The standard InChI is InChI=1S/C18H16BrClF3N3/c19-11-7-10(8-25-9-11)16-12(3-1-2-6-24)15-14(20)5-4-13(17(15)26-16)18(21,22)23/h4-5,7-9,26H,1-3,6,24H2. The maximum absolute atomic E-state index is 13.5. The summed E-state index contributed by atoms with van der Waals surface area (Å²) in [5, 5.41) is 0.703. The largest absolute Gasteiger partial charge is 0.418 e. The van der Waals surface area contributed by atoms with Crippen LogP contribution in [0.2, 0.25) is 5.02 Å². The molecule has 0 amide bonds. The number of nitrogens with zero attached hydrogens (tertiary/aromatic N) is 1. The third-order valence-electron chi connectivity index (χ3n) is 4.19. The summed E-state index contributed by atoms with van der Waals surface area (Å²) < 4.78 is 41.1. The lowest BCUT2D eigenvalue weighted by molar-refractivity contribution is -0.136. The number of unbranched alkanes of at least 4 members (excludes halogenated alkanes) is 1. The highest BCUT2D eigenvalue weighted by Gasteiger charge is 2.34. The van der Waals surface area contributed by atoms with Gasteiger partial charge in [0, 0.05) is 27.8 Å². The van der Waals surface area contributed by atoms with Crippen molar-refractivity contribution in [3.05, 3.63) is 51.2 Å². The maximum Gasteiger partial charge on any atom is 0.418 e. The molecule has 2 heterocycles. The van der Waals surface area contributed by atoms with Gasteiger partial charge in [-0.05, 0) is 65.5 Å². The molecule has 0 bridgehead atoms. The van der Waals surface area contributed by atoms with Crippen LogP contribution in [0.3, 0.4) is 0 Å². The molecule has 2 aromatic heterocycles. The molecule has 0 saturated carbocycles. The topological polar surface area (TPSA) is 54.7 Å². The lowest BCUT2D eigenvalue weighted by Gasteiger charge is -2.09. The van der Waals surface area contributed by atoms with Crippen molar-refractivity contribution < 1.29 is 13.2 Å². The quantitative estimate of drug-likeness (QED) is 0.476. The molecule has 0 saturated heterocycles. The highest BCUT2D eigenvalue weighted by Crippen LogP contribution is 2.42. The van der Waals surface area contributed by atoms with Crippen LogP contribution >= 0.6 is 27.5 Å². The fraction of sp³-hybridized carbons (Fsp3) is 0.278. The monoisotopic (exact) mass is 445 g/mol. The highest BCUT2D eigenvalue weighted by molar-refractivity contribution is 9.10. The van der Waals surface area contributed by atoms with Crippen molar-refractivity contribution in [3.63, 3.8) is 0 Å². The minimum absolute atomic E-state index is 0.00252. The number of aromatic nitrogens is 2. The number of aromatic amines is 1. The maximum atomic E-state index is 13.5. The summed E-state index contributed by atoms with van der Waals surface area (Å²) >= 11 is 9.65. The van der Waals surface area contributed by atoms with Crippen molar-refractivity contribution in [2.75, 3.05) is 6.54 Å². The Balaban J connectivity index is 2.28. The van der Waals surface area contributed by atoms with E-state index in [4.69, 9.17) is 17.3 Å². The Morgan fingerprint density at radius 1 is 1.19 bits per heavy atom. The third-order valence-corrected chi connectivity index (χ3v) is 4.94. The van der Waals surface area contributed by atoms with E-state index in [2.05, 4.69) is 25.9 Å². The Bertz CT molecular complexity index is 937. The molecule has 0 aliphatic rings. The number of fused-ring (bicyclic) bond motifs is 1. The molecule has 0 radical (unpaired) electrons. The van der Waals surface area contributed by atoms with Gasteiger partial charge in [0.1, 0.15) is 0 Å². The summed E-state index contributed by atoms with van der Waals surface area (Å²) in [5.74, 6) is 0. The number of pyridine rings is 1. The number of hydrogen-bond donors (Lipinski definition) is 2. The molecule has 0 spiro atoms. The number of rotatable bonds is 5. The van der Waals surface area contributed by atoms with Gasteiger partial charge >= 0.3 is 6.18 Å². The van der Waals surface area contributed by atoms with Gasteiger partial charge in [-0.3, -0.25) is 4.98 Å². The van der Waals surface area contributed by atoms with Gasteiger partial charge in [-0.2, -0.15) is 13.2 Å². The summed E-state index contributed by atoms with van der Waals surface area (Å²) in [6.07, 6.45) is 0.858. The number of H-pyrrole nitrogens is 1. The molecule has 1 aromatic carbocycles. The van der Waals surface area contributed by atoms with E-state index in [1.54, 1.807) is 12.4 Å². The molecule has 3 rings (SSSR count). The number of hydrogen-bond acceptors (Lipinski definition) is 2. The minimum Gasteiger partial charge on any atom is -0.354 e. The van der Waals surface area contributed by atoms with E-state index >= 15 is 0 Å². The molecule has 138 valence electrons. The van der Waals surface area contributed by atoms with E-state index in [0.29, 0.717) is 34.6 Å². The fourth-order valence-electron chi connectivity index (χ4n) is 3.05. The first kappa shape index (κ1) is 19.2. The minimum atomic E-state index is -4.48. The molecule has 0 aliphatic carbocycles. The van der Waals surface area contributed by atoms with Crippen molar-refractivity contribution in [2.24, 2.45) is 5.73 Å². The number of nitrogens with two attached hydrogens (primary N) is 1. The number of nitrogens with one attached hydrogen (secondary N) is 1. The van der Waals surface area contributed by atoms with E-state index in [0.717, 1.165) is 28.9 Å². The second-order valence-electron chi connectivity index (χ2n) is 5.96. The zero-order valence-electron chi connectivity index (χ0n) is 13.6. The van der Waals surface area contributed by atoms with Crippen molar-refractivity contribution in [3.8, 4) is 11.3 Å². The van der Waals surface area contributed by atoms with Gasteiger partial charge in [-0.15, -0.1) is 0 Å². The van der Waals surface area contributed by atoms with E-state index < -0.39 is 11.7 Å². The normalized spacial score (nSPS) is 12.1. The molecular formula is C18H16BrClF3N3. The van der Waals surface area contributed by atoms with Gasteiger partial charge < -0.3 is 10.7 Å². The van der Waals surface area contributed by atoms with Crippen LogP contribution in [-0.4, -0.2) is 16.5 Å². The SMILES string of the molecule is NCCCCc1c(-c2cncc(Br)c2)[nH]c2c(C(F)(F)F)ccc(Cl)c12. The summed E-state index contributed by atoms with van der Waals surface area (Å²) in [6.45, 7) is 0.525. The predicted octanol–water partition coefficient (Wildman–Crippen LogP) is 5.95. The molecule has 3 N–H and O–H groups in total. The number of benzene rings is 1. The molecule has 0 aliphatic heterocycles. The zero-order chi connectivity index (χ0) is 18.9. The average Bonchev–Trinajstić information content (AvgIpc) is 2.94. The summed E-state index contributed by atoms with van der Waals surface area (Å²) in [7, 11) is 0. The molecule has 0 unspecified atom stereocenters.